The molecule has 0 saturated heterocycles. The van der Waals surface area contributed by atoms with Crippen molar-refractivity contribution < 1.29 is 18.4 Å². The standard InChI is InChI=1S/C13H7FO3/c1-6-5-17-13-8-3-2-7(14)4-9(8)11(15)12(16)10(6)13/h2-5H,1H3. The zero-order valence-electron chi connectivity index (χ0n) is 8.91. The normalized spacial score (nSPS) is 13.5. The van der Waals surface area contributed by atoms with Crippen molar-refractivity contribution in [2.45, 2.75) is 6.92 Å². The Labute approximate surface area is 95.9 Å². The van der Waals surface area contributed by atoms with Gasteiger partial charge in [-0.3, -0.25) is 9.59 Å². The average molecular weight is 230 g/mol. The van der Waals surface area contributed by atoms with Crippen molar-refractivity contribution >= 4 is 11.6 Å². The average Bonchev–Trinajstić information content (AvgIpc) is 2.68. The van der Waals surface area contributed by atoms with Crippen LogP contribution in [-0.2, 0) is 0 Å². The molecule has 1 aromatic heterocycles. The zero-order chi connectivity index (χ0) is 12.2. The maximum atomic E-state index is 13.1. The molecule has 84 valence electrons. The maximum absolute atomic E-state index is 13.1. The van der Waals surface area contributed by atoms with E-state index in [2.05, 4.69) is 0 Å². The quantitative estimate of drug-likeness (QED) is 0.654. The Balaban J connectivity index is 2.40. The minimum absolute atomic E-state index is 0.0665. The first kappa shape index (κ1) is 9.96. The van der Waals surface area contributed by atoms with E-state index in [4.69, 9.17) is 4.42 Å². The van der Waals surface area contributed by atoms with E-state index in [9.17, 15) is 14.0 Å². The van der Waals surface area contributed by atoms with Crippen molar-refractivity contribution in [2.75, 3.05) is 0 Å². The van der Waals surface area contributed by atoms with E-state index >= 15 is 0 Å². The molecule has 1 aliphatic rings. The number of benzene rings is 1. The van der Waals surface area contributed by atoms with Crippen molar-refractivity contribution in [1.82, 2.24) is 0 Å². The molecule has 1 aromatic carbocycles. The lowest BCUT2D eigenvalue weighted by atomic mass is 9.87. The number of furan rings is 1. The number of halogens is 1. The number of Topliss-reactive ketones (excluding diaryl/α,β-unsaturated/α-hetero) is 2. The van der Waals surface area contributed by atoms with Crippen LogP contribution in [0.5, 0.6) is 0 Å². The predicted molar refractivity (Wildman–Crippen MR) is 57.5 cm³/mol. The molecule has 0 saturated carbocycles. The van der Waals surface area contributed by atoms with Gasteiger partial charge in [0.1, 0.15) is 11.6 Å². The van der Waals surface area contributed by atoms with Crippen molar-refractivity contribution in [3.05, 3.63) is 47.0 Å². The number of carbonyl (C=O) groups excluding carboxylic acids is 2. The highest BCUT2D eigenvalue weighted by molar-refractivity contribution is 6.53. The first-order valence-corrected chi connectivity index (χ1v) is 5.06. The Bertz CT molecular complexity index is 667. The highest BCUT2D eigenvalue weighted by Gasteiger charge is 2.34. The monoisotopic (exact) mass is 230 g/mol. The van der Waals surface area contributed by atoms with E-state index in [1.807, 2.05) is 0 Å². The number of fused-ring (bicyclic) bond motifs is 3. The van der Waals surface area contributed by atoms with Crippen LogP contribution in [0.4, 0.5) is 4.39 Å². The number of carbonyl (C=O) groups is 2. The van der Waals surface area contributed by atoms with E-state index in [1.54, 1.807) is 6.92 Å². The van der Waals surface area contributed by atoms with Gasteiger partial charge in [0.25, 0.3) is 0 Å². The van der Waals surface area contributed by atoms with Gasteiger partial charge in [-0.25, -0.2) is 4.39 Å². The van der Waals surface area contributed by atoms with Crippen molar-refractivity contribution in [2.24, 2.45) is 0 Å². The molecule has 3 rings (SSSR count). The van der Waals surface area contributed by atoms with Crippen LogP contribution in [0.15, 0.2) is 28.9 Å². The molecule has 0 bridgehead atoms. The fourth-order valence-electron chi connectivity index (χ4n) is 2.06. The molecular formula is C13H7FO3. The van der Waals surface area contributed by atoms with Gasteiger partial charge in [0, 0.05) is 11.1 Å². The number of rotatable bonds is 0. The third-order valence-electron chi connectivity index (χ3n) is 2.88. The molecule has 0 amide bonds. The second-order valence-electron chi connectivity index (χ2n) is 3.97. The SMILES string of the molecule is Cc1coc2c1C(=O)C(=O)c1cc(F)ccc1-2. The molecular weight excluding hydrogens is 223 g/mol. The van der Waals surface area contributed by atoms with Gasteiger partial charge in [-0.05, 0) is 30.7 Å². The molecule has 17 heavy (non-hydrogen) atoms. The fourth-order valence-corrected chi connectivity index (χ4v) is 2.06. The summed E-state index contributed by atoms with van der Waals surface area (Å²) in [5, 5.41) is 0. The van der Waals surface area contributed by atoms with Crippen LogP contribution in [0.25, 0.3) is 11.3 Å². The molecule has 0 spiro atoms. The first-order chi connectivity index (χ1) is 8.09. The van der Waals surface area contributed by atoms with Gasteiger partial charge in [0.2, 0.25) is 11.6 Å². The summed E-state index contributed by atoms with van der Waals surface area (Å²) in [5.41, 5.74) is 1.44. The topological polar surface area (TPSA) is 47.3 Å². The first-order valence-electron chi connectivity index (χ1n) is 5.06. The number of hydrogen-bond donors (Lipinski definition) is 0. The molecule has 0 radical (unpaired) electrons. The van der Waals surface area contributed by atoms with E-state index < -0.39 is 17.4 Å². The van der Waals surface area contributed by atoms with Gasteiger partial charge >= 0.3 is 0 Å². The molecule has 0 atom stereocenters. The van der Waals surface area contributed by atoms with Crippen LogP contribution in [0.2, 0.25) is 0 Å². The van der Waals surface area contributed by atoms with Crippen molar-refractivity contribution in [3.8, 4) is 11.3 Å². The highest BCUT2D eigenvalue weighted by Crippen LogP contribution is 2.36. The van der Waals surface area contributed by atoms with Gasteiger partial charge in [-0.1, -0.05) is 0 Å². The van der Waals surface area contributed by atoms with Gasteiger partial charge in [-0.15, -0.1) is 0 Å². The third-order valence-corrected chi connectivity index (χ3v) is 2.88. The van der Waals surface area contributed by atoms with Gasteiger partial charge in [0.15, 0.2) is 0 Å². The smallest absolute Gasteiger partial charge is 0.237 e. The summed E-state index contributed by atoms with van der Waals surface area (Å²) >= 11 is 0. The van der Waals surface area contributed by atoms with Gasteiger partial charge in [-0.2, -0.15) is 0 Å². The predicted octanol–water partition coefficient (Wildman–Crippen LogP) is 2.77. The molecule has 0 unspecified atom stereocenters. The Morgan fingerprint density at radius 1 is 1.12 bits per heavy atom. The highest BCUT2D eigenvalue weighted by atomic mass is 19.1. The molecule has 3 nitrogen and oxygen atoms in total. The van der Waals surface area contributed by atoms with E-state index in [0.717, 1.165) is 6.07 Å². The molecule has 1 aliphatic carbocycles. The third kappa shape index (κ3) is 1.21. The van der Waals surface area contributed by atoms with Crippen LogP contribution in [0, 0.1) is 12.7 Å². The second-order valence-corrected chi connectivity index (χ2v) is 3.97. The minimum atomic E-state index is -0.684. The summed E-state index contributed by atoms with van der Waals surface area (Å²) in [6, 6.07) is 3.76. The molecule has 0 aliphatic heterocycles. The molecule has 0 N–H and O–H groups in total. The molecule has 0 fully saturated rings. The van der Waals surface area contributed by atoms with E-state index in [1.165, 1.54) is 18.4 Å². The minimum Gasteiger partial charge on any atom is -0.463 e. The summed E-state index contributed by atoms with van der Waals surface area (Å²) < 4.78 is 18.4. The van der Waals surface area contributed by atoms with Crippen LogP contribution >= 0.6 is 0 Å². The van der Waals surface area contributed by atoms with Crippen LogP contribution in [0.3, 0.4) is 0 Å². The number of aryl methyl sites for hydroxylation is 1. The van der Waals surface area contributed by atoms with Crippen molar-refractivity contribution in [3.63, 3.8) is 0 Å². The van der Waals surface area contributed by atoms with Crippen LogP contribution < -0.4 is 0 Å². The van der Waals surface area contributed by atoms with Crippen molar-refractivity contribution in [1.29, 1.82) is 0 Å². The van der Waals surface area contributed by atoms with E-state index in [0.29, 0.717) is 16.9 Å². The molecule has 2 aromatic rings. The molecule has 1 heterocycles. The van der Waals surface area contributed by atoms with Gasteiger partial charge in [0.05, 0.1) is 11.8 Å². The number of hydrogen-bond acceptors (Lipinski definition) is 3. The Morgan fingerprint density at radius 3 is 2.65 bits per heavy atom. The Hall–Kier alpha value is -2.23. The second kappa shape index (κ2) is 3.13. The molecule has 4 heteroatoms. The van der Waals surface area contributed by atoms with Crippen LogP contribution in [0.1, 0.15) is 26.3 Å². The summed E-state index contributed by atoms with van der Waals surface area (Å²) in [7, 11) is 0. The van der Waals surface area contributed by atoms with Crippen LogP contribution in [-0.4, -0.2) is 11.6 Å². The Morgan fingerprint density at radius 2 is 1.88 bits per heavy atom. The summed E-state index contributed by atoms with van der Waals surface area (Å²) in [6.45, 7) is 1.70. The lowest BCUT2D eigenvalue weighted by Gasteiger charge is -2.13. The van der Waals surface area contributed by atoms with Gasteiger partial charge < -0.3 is 4.42 Å². The lowest BCUT2D eigenvalue weighted by molar-refractivity contribution is 0.0814. The largest absolute Gasteiger partial charge is 0.463 e. The van der Waals surface area contributed by atoms with E-state index in [-0.39, 0.29) is 11.1 Å². The lowest BCUT2D eigenvalue weighted by Crippen LogP contribution is -2.21. The maximum Gasteiger partial charge on any atom is 0.237 e. The fraction of sp³-hybridized carbons (Fsp3) is 0.0769. The summed E-state index contributed by atoms with van der Waals surface area (Å²) in [6.07, 6.45) is 1.42. The summed E-state index contributed by atoms with van der Waals surface area (Å²) in [5.74, 6) is -1.51. The summed E-state index contributed by atoms with van der Waals surface area (Å²) in [4.78, 5) is 23.7. The Kier molecular flexibility index (Phi) is 1.84. The number of ketones is 2. The zero-order valence-corrected chi connectivity index (χ0v) is 8.91.